The molecule has 1 fully saturated rings. The van der Waals surface area contributed by atoms with Crippen LogP contribution < -0.4 is 4.87 Å². The number of carbonyl (C=O) groups is 1. The number of halogens is 1. The zero-order valence-corrected chi connectivity index (χ0v) is 24.1. The van der Waals surface area contributed by atoms with E-state index in [1.165, 1.54) is 4.57 Å². The minimum absolute atomic E-state index is 0. The van der Waals surface area contributed by atoms with Crippen LogP contribution in [0.4, 0.5) is 5.69 Å². The molecule has 2 heterocycles. The van der Waals surface area contributed by atoms with Gasteiger partial charge in [-0.1, -0.05) is 66.8 Å². The summed E-state index contributed by atoms with van der Waals surface area (Å²) in [4.78, 5) is 30.1. The Labute approximate surface area is 249 Å². The fourth-order valence-corrected chi connectivity index (χ4v) is 6.13. The number of carbonyl (C=O) groups excluding carboxylic acids is 1. The van der Waals surface area contributed by atoms with Crippen molar-refractivity contribution in [1.82, 2.24) is 14.4 Å². The molecule has 41 heavy (non-hydrogen) atoms. The molecule has 1 saturated heterocycles. The van der Waals surface area contributed by atoms with Gasteiger partial charge < -0.3 is 9.64 Å². The molecule has 1 unspecified atom stereocenters. The second kappa shape index (κ2) is 13.5. The number of ether oxygens (including phenoxy) is 1. The molecule has 1 aliphatic heterocycles. The summed E-state index contributed by atoms with van der Waals surface area (Å²) in [6.45, 7) is 3.32. The highest BCUT2D eigenvalue weighted by Gasteiger charge is 2.26. The van der Waals surface area contributed by atoms with Crippen molar-refractivity contribution in [3.05, 3.63) is 87.0 Å². The SMILES string of the molecule is C.CN(C(=O)Cn1c(=O)sc2ccc(Cl)cc21)C(CN1CCOCC1)c1ccc(-c2cccc(N=S(=O)=O)c2)cc1. The van der Waals surface area contributed by atoms with Crippen LogP contribution in [0.5, 0.6) is 0 Å². The van der Waals surface area contributed by atoms with Gasteiger partial charge in [0.2, 0.25) is 5.91 Å². The van der Waals surface area contributed by atoms with Crippen LogP contribution in [0.3, 0.4) is 0 Å². The molecule has 1 aromatic heterocycles. The molecule has 0 N–H and O–H groups in total. The molecule has 1 aliphatic rings. The molecule has 0 radical (unpaired) electrons. The highest BCUT2D eigenvalue weighted by atomic mass is 35.5. The number of hydrogen-bond donors (Lipinski definition) is 0. The Balaban J connectivity index is 0.00000387. The fourth-order valence-electron chi connectivity index (χ4n) is 4.81. The number of benzene rings is 3. The normalized spacial score (nSPS) is 14.3. The van der Waals surface area contributed by atoms with Crippen molar-refractivity contribution in [2.75, 3.05) is 39.9 Å². The summed E-state index contributed by atoms with van der Waals surface area (Å²) in [6, 6.07) is 19.8. The highest BCUT2D eigenvalue weighted by molar-refractivity contribution is 7.61. The van der Waals surface area contributed by atoms with Gasteiger partial charge in [0.25, 0.3) is 0 Å². The number of fused-ring (bicyclic) bond motifs is 1. The molecular weight excluding hydrogens is 584 g/mol. The maximum atomic E-state index is 13.6. The van der Waals surface area contributed by atoms with Crippen molar-refractivity contribution in [2.24, 2.45) is 4.36 Å². The van der Waals surface area contributed by atoms with E-state index >= 15 is 0 Å². The van der Waals surface area contributed by atoms with Gasteiger partial charge in [0.1, 0.15) is 6.54 Å². The molecule has 5 rings (SSSR count). The van der Waals surface area contributed by atoms with Gasteiger partial charge in [0.15, 0.2) is 0 Å². The van der Waals surface area contributed by atoms with Crippen molar-refractivity contribution in [3.8, 4) is 11.1 Å². The van der Waals surface area contributed by atoms with Crippen LogP contribution in [0.25, 0.3) is 21.3 Å². The fraction of sp³-hybridized carbons (Fsp3) is 0.310. The Morgan fingerprint density at radius 1 is 1.07 bits per heavy atom. The van der Waals surface area contributed by atoms with Crippen molar-refractivity contribution in [2.45, 2.75) is 20.0 Å². The average Bonchev–Trinajstić information content (AvgIpc) is 3.25. The Bertz CT molecular complexity index is 1720. The molecule has 3 aromatic carbocycles. The zero-order valence-electron chi connectivity index (χ0n) is 21.7. The van der Waals surface area contributed by atoms with Crippen LogP contribution in [0.2, 0.25) is 5.02 Å². The minimum Gasteiger partial charge on any atom is -0.379 e. The average molecular weight is 615 g/mol. The number of nitrogens with zero attached hydrogens (tertiary/aromatic N) is 4. The van der Waals surface area contributed by atoms with E-state index in [0.717, 1.165) is 45.8 Å². The Kier molecular flexibility index (Phi) is 10.1. The van der Waals surface area contributed by atoms with Crippen LogP contribution >= 0.6 is 22.9 Å². The third-order valence-electron chi connectivity index (χ3n) is 6.97. The maximum absolute atomic E-state index is 13.6. The van der Waals surface area contributed by atoms with Gasteiger partial charge >= 0.3 is 15.4 Å². The first-order chi connectivity index (χ1) is 19.3. The predicted molar refractivity (Wildman–Crippen MR) is 163 cm³/mol. The number of amides is 1. The van der Waals surface area contributed by atoms with Gasteiger partial charge in [-0.15, -0.1) is 4.36 Å². The number of morpholine rings is 1. The van der Waals surface area contributed by atoms with Gasteiger partial charge in [-0.25, -0.2) is 0 Å². The van der Waals surface area contributed by atoms with Gasteiger partial charge in [-0.05, 0) is 47.0 Å². The molecule has 1 atom stereocenters. The van der Waals surface area contributed by atoms with Crippen molar-refractivity contribution in [3.63, 3.8) is 0 Å². The van der Waals surface area contributed by atoms with E-state index in [4.69, 9.17) is 16.3 Å². The Hall–Kier alpha value is -3.35. The van der Waals surface area contributed by atoms with Crippen LogP contribution in [-0.4, -0.2) is 68.6 Å². The number of aromatic nitrogens is 1. The Morgan fingerprint density at radius 2 is 1.80 bits per heavy atom. The minimum atomic E-state index is -2.53. The summed E-state index contributed by atoms with van der Waals surface area (Å²) in [5, 5.41) is 0.505. The van der Waals surface area contributed by atoms with Crippen LogP contribution in [0, 0.1) is 0 Å². The van der Waals surface area contributed by atoms with E-state index in [1.807, 2.05) is 30.3 Å². The molecule has 4 aromatic rings. The number of hydrogen-bond acceptors (Lipinski definition) is 8. The van der Waals surface area contributed by atoms with Gasteiger partial charge in [-0.2, -0.15) is 8.42 Å². The molecule has 0 bridgehead atoms. The van der Waals surface area contributed by atoms with Gasteiger partial charge in [-0.3, -0.25) is 19.1 Å². The zero-order chi connectivity index (χ0) is 28.2. The van der Waals surface area contributed by atoms with Crippen molar-refractivity contribution in [1.29, 1.82) is 0 Å². The van der Waals surface area contributed by atoms with Gasteiger partial charge in [0.05, 0.1) is 35.2 Å². The summed E-state index contributed by atoms with van der Waals surface area (Å²) < 4.78 is 33.3. The standard InChI is InChI=1S/C28H27ClN4O5S2.CH4/c1-31(27(34)18-33-24-16-22(29)9-10-26(24)39-28(33)35)25(17-32-11-13-38-14-12-32)20-7-5-19(6-8-20)21-3-2-4-23(15-21)30-40(36)37;/h2-10,15-16,25H,11-14,17-18H2,1H3;1H4. The number of rotatable bonds is 8. The second-order valence-corrected chi connectivity index (χ2v) is 11.5. The van der Waals surface area contributed by atoms with E-state index in [-0.39, 0.29) is 30.8 Å². The highest BCUT2D eigenvalue weighted by Crippen LogP contribution is 2.28. The summed E-state index contributed by atoms with van der Waals surface area (Å²) in [7, 11) is -0.765. The lowest BCUT2D eigenvalue weighted by Crippen LogP contribution is -2.44. The number of likely N-dealkylation sites (N-methyl/N-ethyl adjacent to an activating group) is 1. The first kappa shape index (κ1) is 30.6. The summed E-state index contributed by atoms with van der Waals surface area (Å²) in [5.74, 6) is -0.191. The van der Waals surface area contributed by atoms with Gasteiger partial charge in [0, 0.05) is 31.7 Å². The smallest absolute Gasteiger partial charge is 0.316 e. The second-order valence-electron chi connectivity index (χ2n) is 9.48. The van der Waals surface area contributed by atoms with E-state index in [1.54, 1.807) is 48.3 Å². The first-order valence-corrected chi connectivity index (χ1v) is 14.9. The third kappa shape index (κ3) is 7.30. The predicted octanol–water partition coefficient (Wildman–Crippen LogP) is 5.25. The molecule has 0 spiro atoms. The third-order valence-corrected chi connectivity index (χ3v) is 8.53. The maximum Gasteiger partial charge on any atom is 0.316 e. The number of thiazole rings is 1. The molecule has 9 nitrogen and oxygen atoms in total. The lowest BCUT2D eigenvalue weighted by molar-refractivity contribution is -0.133. The van der Waals surface area contributed by atoms with E-state index in [2.05, 4.69) is 9.26 Å². The topological polar surface area (TPSA) is 101 Å². The monoisotopic (exact) mass is 614 g/mol. The molecule has 216 valence electrons. The van der Waals surface area contributed by atoms with Crippen LogP contribution in [0.15, 0.2) is 75.9 Å². The lowest BCUT2D eigenvalue weighted by Gasteiger charge is -2.35. The largest absolute Gasteiger partial charge is 0.379 e. The van der Waals surface area contributed by atoms with E-state index in [0.29, 0.717) is 36.0 Å². The summed E-state index contributed by atoms with van der Waals surface area (Å²) in [5.41, 5.74) is 3.66. The summed E-state index contributed by atoms with van der Waals surface area (Å²) >= 11 is 7.26. The van der Waals surface area contributed by atoms with Crippen LogP contribution in [0.1, 0.15) is 19.0 Å². The van der Waals surface area contributed by atoms with E-state index in [9.17, 15) is 18.0 Å². The Morgan fingerprint density at radius 3 is 2.51 bits per heavy atom. The summed E-state index contributed by atoms with van der Waals surface area (Å²) in [6.07, 6.45) is 0. The lowest BCUT2D eigenvalue weighted by atomic mass is 9.99. The molecule has 0 aliphatic carbocycles. The quantitative estimate of drug-likeness (QED) is 0.269. The molecule has 0 saturated carbocycles. The van der Waals surface area contributed by atoms with E-state index < -0.39 is 10.5 Å². The van der Waals surface area contributed by atoms with Crippen LogP contribution in [-0.2, 0) is 26.6 Å². The van der Waals surface area contributed by atoms with Crippen molar-refractivity contribution < 1.29 is 17.9 Å². The molecular formula is C29H31ClN4O5S2. The molecule has 1 amide bonds. The first-order valence-electron chi connectivity index (χ1n) is 12.6. The molecule has 12 heteroatoms. The van der Waals surface area contributed by atoms with Crippen molar-refractivity contribution >= 4 is 55.2 Å².